The Kier molecular flexibility index (Phi) is 4.06. The van der Waals surface area contributed by atoms with Crippen LogP contribution in [0.2, 0.25) is 0 Å². The summed E-state index contributed by atoms with van der Waals surface area (Å²) in [6.07, 6.45) is 0. The number of thioether (sulfide) groups is 1. The molecule has 0 aromatic heterocycles. The fourth-order valence-electron chi connectivity index (χ4n) is 2.85. The monoisotopic (exact) mass is 335 g/mol. The van der Waals surface area contributed by atoms with Gasteiger partial charge in [0.05, 0.1) is 11.4 Å². The van der Waals surface area contributed by atoms with Gasteiger partial charge in [-0.2, -0.15) is 0 Å². The molecule has 0 spiro atoms. The second-order valence-electron chi connectivity index (χ2n) is 5.30. The molecule has 4 rings (SSSR count). The zero-order valence-electron chi connectivity index (χ0n) is 12.9. The van der Waals surface area contributed by atoms with Gasteiger partial charge in [-0.1, -0.05) is 49.0 Å². The van der Waals surface area contributed by atoms with Crippen LogP contribution in [-0.4, -0.2) is 5.75 Å². The molecule has 0 fully saturated rings. The molecule has 1 nitrogen and oxygen atoms in total. The zero-order chi connectivity index (χ0) is 15.6. The highest BCUT2D eigenvalue weighted by Crippen LogP contribution is 2.51. The van der Waals surface area contributed by atoms with Crippen molar-refractivity contribution in [1.82, 2.24) is 0 Å². The molecular weight excluding hydrogens is 318 g/mol. The minimum absolute atomic E-state index is 1.09. The van der Waals surface area contributed by atoms with Crippen molar-refractivity contribution < 1.29 is 0 Å². The third-order valence-electron chi connectivity index (χ3n) is 3.82. The molecule has 0 aliphatic carbocycles. The number of rotatable bonds is 3. The van der Waals surface area contributed by atoms with Crippen LogP contribution in [0.15, 0.2) is 87.5 Å². The fraction of sp³-hybridized carbons (Fsp3) is 0.100. The van der Waals surface area contributed by atoms with E-state index in [1.807, 2.05) is 23.5 Å². The van der Waals surface area contributed by atoms with Crippen LogP contribution in [0.25, 0.3) is 0 Å². The third kappa shape index (κ3) is 2.75. The van der Waals surface area contributed by atoms with Crippen molar-refractivity contribution in [2.75, 3.05) is 10.7 Å². The van der Waals surface area contributed by atoms with Crippen molar-refractivity contribution in [1.29, 1.82) is 0 Å². The van der Waals surface area contributed by atoms with E-state index in [1.54, 1.807) is 0 Å². The molecule has 0 bridgehead atoms. The van der Waals surface area contributed by atoms with Crippen molar-refractivity contribution in [3.63, 3.8) is 0 Å². The van der Waals surface area contributed by atoms with Crippen LogP contribution >= 0.6 is 23.5 Å². The molecule has 1 aliphatic rings. The van der Waals surface area contributed by atoms with Gasteiger partial charge in [-0.15, -0.1) is 11.8 Å². The SMILES string of the molecule is CCSc1ccc2c(c1)N(c1ccccc1)c1ccccc1S2. The van der Waals surface area contributed by atoms with E-state index in [0.29, 0.717) is 0 Å². The molecule has 3 aromatic rings. The number of benzene rings is 3. The number of anilines is 3. The minimum atomic E-state index is 1.09. The van der Waals surface area contributed by atoms with E-state index in [2.05, 4.69) is 84.6 Å². The predicted octanol–water partition coefficient (Wildman–Crippen LogP) is 6.73. The summed E-state index contributed by atoms with van der Waals surface area (Å²) in [6.45, 7) is 2.20. The molecule has 0 radical (unpaired) electrons. The van der Waals surface area contributed by atoms with E-state index in [-0.39, 0.29) is 0 Å². The molecule has 0 saturated carbocycles. The Balaban J connectivity index is 1.91. The van der Waals surface area contributed by atoms with Gasteiger partial charge in [0.1, 0.15) is 0 Å². The lowest BCUT2D eigenvalue weighted by Crippen LogP contribution is -2.14. The largest absolute Gasteiger partial charge is 0.308 e. The summed E-state index contributed by atoms with van der Waals surface area (Å²) in [6, 6.07) is 26.1. The summed E-state index contributed by atoms with van der Waals surface area (Å²) >= 11 is 3.75. The Hall–Kier alpha value is -1.84. The summed E-state index contributed by atoms with van der Waals surface area (Å²) < 4.78 is 0. The number of hydrogen-bond donors (Lipinski definition) is 0. The van der Waals surface area contributed by atoms with Crippen molar-refractivity contribution >= 4 is 40.6 Å². The Bertz CT molecular complexity index is 830. The lowest BCUT2D eigenvalue weighted by Gasteiger charge is -2.33. The quantitative estimate of drug-likeness (QED) is 0.382. The average Bonchev–Trinajstić information content (AvgIpc) is 2.61. The first-order valence-electron chi connectivity index (χ1n) is 7.76. The molecule has 1 heterocycles. The van der Waals surface area contributed by atoms with Crippen LogP contribution in [0, 0.1) is 0 Å². The molecule has 3 heteroatoms. The van der Waals surface area contributed by atoms with Gasteiger partial charge in [-0.25, -0.2) is 0 Å². The summed E-state index contributed by atoms with van der Waals surface area (Å²) in [7, 11) is 0. The molecule has 0 amide bonds. The van der Waals surface area contributed by atoms with Crippen LogP contribution in [0.1, 0.15) is 6.92 Å². The number of para-hydroxylation sites is 2. The second-order valence-corrected chi connectivity index (χ2v) is 7.72. The standard InChI is InChI=1S/C20H17NS2/c1-2-22-16-12-13-20-18(14-16)21(15-8-4-3-5-9-15)17-10-6-7-11-19(17)23-20/h3-14H,2H2,1H3. The van der Waals surface area contributed by atoms with E-state index in [0.717, 1.165) is 5.75 Å². The normalized spacial score (nSPS) is 12.7. The molecule has 0 N–H and O–H groups in total. The topological polar surface area (TPSA) is 3.24 Å². The van der Waals surface area contributed by atoms with Crippen molar-refractivity contribution in [2.24, 2.45) is 0 Å². The molecular formula is C20H17NS2. The number of hydrogen-bond acceptors (Lipinski definition) is 3. The highest BCUT2D eigenvalue weighted by molar-refractivity contribution is 8.00. The molecule has 3 aromatic carbocycles. The van der Waals surface area contributed by atoms with Crippen LogP contribution < -0.4 is 4.90 Å². The summed E-state index contributed by atoms with van der Waals surface area (Å²) in [5.74, 6) is 1.09. The summed E-state index contributed by atoms with van der Waals surface area (Å²) in [5.41, 5.74) is 3.74. The van der Waals surface area contributed by atoms with Gasteiger partial charge in [-0.05, 0) is 48.2 Å². The first kappa shape index (κ1) is 14.7. The molecule has 0 atom stereocenters. The maximum Gasteiger partial charge on any atom is 0.0612 e. The van der Waals surface area contributed by atoms with E-state index in [1.165, 1.54) is 31.7 Å². The maximum atomic E-state index is 2.38. The van der Waals surface area contributed by atoms with Crippen molar-refractivity contribution in [2.45, 2.75) is 21.6 Å². The Morgan fingerprint density at radius 1 is 0.826 bits per heavy atom. The van der Waals surface area contributed by atoms with Gasteiger partial charge in [0.25, 0.3) is 0 Å². The van der Waals surface area contributed by atoms with Crippen molar-refractivity contribution in [3.05, 3.63) is 72.8 Å². The predicted molar refractivity (Wildman–Crippen MR) is 102 cm³/mol. The lowest BCUT2D eigenvalue weighted by atomic mass is 10.2. The van der Waals surface area contributed by atoms with Gasteiger partial charge in [0.2, 0.25) is 0 Å². The second kappa shape index (κ2) is 6.34. The zero-order valence-corrected chi connectivity index (χ0v) is 14.5. The van der Waals surface area contributed by atoms with Gasteiger partial charge in [-0.3, -0.25) is 0 Å². The smallest absolute Gasteiger partial charge is 0.0612 e. The molecule has 23 heavy (non-hydrogen) atoms. The Morgan fingerprint density at radius 2 is 1.57 bits per heavy atom. The van der Waals surface area contributed by atoms with E-state index < -0.39 is 0 Å². The van der Waals surface area contributed by atoms with Gasteiger partial charge >= 0.3 is 0 Å². The van der Waals surface area contributed by atoms with E-state index in [4.69, 9.17) is 0 Å². The first-order chi connectivity index (χ1) is 11.4. The molecule has 0 saturated heterocycles. The highest BCUT2D eigenvalue weighted by atomic mass is 32.2. The maximum absolute atomic E-state index is 2.38. The van der Waals surface area contributed by atoms with Crippen LogP contribution in [0.4, 0.5) is 17.1 Å². The number of fused-ring (bicyclic) bond motifs is 2. The van der Waals surface area contributed by atoms with Gasteiger partial charge in [0, 0.05) is 20.4 Å². The van der Waals surface area contributed by atoms with Crippen LogP contribution in [0.3, 0.4) is 0 Å². The molecule has 0 unspecified atom stereocenters. The van der Waals surface area contributed by atoms with Crippen LogP contribution in [-0.2, 0) is 0 Å². The molecule has 114 valence electrons. The Labute approximate surface area is 145 Å². The lowest BCUT2D eigenvalue weighted by molar-refractivity contribution is 1.15. The van der Waals surface area contributed by atoms with Crippen LogP contribution in [0.5, 0.6) is 0 Å². The summed E-state index contributed by atoms with van der Waals surface area (Å²) in [4.78, 5) is 6.32. The van der Waals surface area contributed by atoms with Gasteiger partial charge in [0.15, 0.2) is 0 Å². The van der Waals surface area contributed by atoms with Gasteiger partial charge < -0.3 is 4.90 Å². The third-order valence-corrected chi connectivity index (χ3v) is 5.83. The number of nitrogens with zero attached hydrogens (tertiary/aromatic N) is 1. The minimum Gasteiger partial charge on any atom is -0.308 e. The Morgan fingerprint density at radius 3 is 2.39 bits per heavy atom. The summed E-state index contributed by atoms with van der Waals surface area (Å²) in [5, 5.41) is 0. The highest BCUT2D eigenvalue weighted by Gasteiger charge is 2.24. The van der Waals surface area contributed by atoms with Crippen molar-refractivity contribution in [3.8, 4) is 0 Å². The average molecular weight is 335 g/mol. The van der Waals surface area contributed by atoms with E-state index >= 15 is 0 Å². The first-order valence-corrected chi connectivity index (χ1v) is 9.56. The fourth-order valence-corrected chi connectivity index (χ4v) is 4.58. The van der Waals surface area contributed by atoms with E-state index in [9.17, 15) is 0 Å². The molecule has 1 aliphatic heterocycles.